The molecule has 0 aromatic rings. The lowest BCUT2D eigenvalue weighted by Gasteiger charge is -2.17. The first-order chi connectivity index (χ1) is 5.42. The predicted molar refractivity (Wildman–Crippen MR) is 51.2 cm³/mol. The minimum absolute atomic E-state index is 0.236. The molecule has 0 aliphatic carbocycles. The standard InChI is InChI=1S/C10H22O2/c1-9(11)5-7-12-8-6-10(2,3)4/h9,11H,5-8H2,1-4H3. The molecule has 74 valence electrons. The minimum Gasteiger partial charge on any atom is -0.393 e. The molecule has 2 heteroatoms. The highest BCUT2D eigenvalue weighted by atomic mass is 16.5. The van der Waals surface area contributed by atoms with Crippen LogP contribution in [0.1, 0.15) is 40.5 Å². The van der Waals surface area contributed by atoms with E-state index in [-0.39, 0.29) is 6.10 Å². The van der Waals surface area contributed by atoms with Gasteiger partial charge in [0.05, 0.1) is 6.10 Å². The maximum atomic E-state index is 8.93. The molecule has 0 amide bonds. The first kappa shape index (κ1) is 11.9. The second kappa shape index (κ2) is 5.55. The fourth-order valence-corrected chi connectivity index (χ4v) is 0.734. The highest BCUT2D eigenvalue weighted by Crippen LogP contribution is 2.17. The minimum atomic E-state index is -0.236. The maximum Gasteiger partial charge on any atom is 0.0534 e. The van der Waals surface area contributed by atoms with Gasteiger partial charge >= 0.3 is 0 Å². The second-order valence-corrected chi connectivity index (χ2v) is 4.56. The molecule has 0 saturated carbocycles. The Balaban J connectivity index is 3.12. The Labute approximate surface area is 75.9 Å². The summed E-state index contributed by atoms with van der Waals surface area (Å²) >= 11 is 0. The molecular formula is C10H22O2. The van der Waals surface area contributed by atoms with E-state index in [0.29, 0.717) is 12.0 Å². The molecule has 0 radical (unpaired) electrons. The number of hydrogen-bond acceptors (Lipinski definition) is 2. The van der Waals surface area contributed by atoms with Gasteiger partial charge in [0, 0.05) is 13.2 Å². The van der Waals surface area contributed by atoms with Crippen molar-refractivity contribution in [1.82, 2.24) is 0 Å². The number of ether oxygens (including phenoxy) is 1. The topological polar surface area (TPSA) is 29.5 Å². The van der Waals surface area contributed by atoms with Crippen molar-refractivity contribution in [3.8, 4) is 0 Å². The van der Waals surface area contributed by atoms with Gasteiger partial charge in [-0.1, -0.05) is 20.8 Å². The average Bonchev–Trinajstić information content (AvgIpc) is 1.83. The molecule has 0 bridgehead atoms. The normalized spacial score (nSPS) is 14.8. The maximum absolute atomic E-state index is 8.93. The van der Waals surface area contributed by atoms with Crippen LogP contribution in [-0.4, -0.2) is 24.4 Å². The summed E-state index contributed by atoms with van der Waals surface area (Å²) < 4.78 is 5.36. The summed E-state index contributed by atoms with van der Waals surface area (Å²) in [6.45, 7) is 9.86. The summed E-state index contributed by atoms with van der Waals surface area (Å²) in [6.07, 6.45) is 1.58. The van der Waals surface area contributed by atoms with E-state index in [1.165, 1.54) is 0 Å². The van der Waals surface area contributed by atoms with E-state index in [1.54, 1.807) is 6.92 Å². The summed E-state index contributed by atoms with van der Waals surface area (Å²) in [5.74, 6) is 0. The molecule has 1 unspecified atom stereocenters. The molecule has 0 aromatic heterocycles. The zero-order valence-corrected chi connectivity index (χ0v) is 8.76. The third-order valence-corrected chi connectivity index (χ3v) is 1.68. The van der Waals surface area contributed by atoms with E-state index in [9.17, 15) is 0 Å². The SMILES string of the molecule is CC(O)CCOCCC(C)(C)C. The summed E-state index contributed by atoms with van der Waals surface area (Å²) in [5.41, 5.74) is 0.352. The molecule has 0 heterocycles. The van der Waals surface area contributed by atoms with Crippen molar-refractivity contribution in [2.75, 3.05) is 13.2 Å². The van der Waals surface area contributed by atoms with Crippen LogP contribution in [0.4, 0.5) is 0 Å². The largest absolute Gasteiger partial charge is 0.393 e. The van der Waals surface area contributed by atoms with Crippen molar-refractivity contribution < 1.29 is 9.84 Å². The molecule has 0 spiro atoms. The van der Waals surface area contributed by atoms with Crippen molar-refractivity contribution in [2.24, 2.45) is 5.41 Å². The van der Waals surface area contributed by atoms with Crippen LogP contribution in [0.2, 0.25) is 0 Å². The first-order valence-corrected chi connectivity index (χ1v) is 4.67. The van der Waals surface area contributed by atoms with E-state index in [4.69, 9.17) is 9.84 Å². The molecule has 0 fully saturated rings. The van der Waals surface area contributed by atoms with Gasteiger partial charge in [-0.15, -0.1) is 0 Å². The van der Waals surface area contributed by atoms with Crippen LogP contribution >= 0.6 is 0 Å². The van der Waals surface area contributed by atoms with Gasteiger partial charge in [-0.3, -0.25) is 0 Å². The number of aliphatic hydroxyl groups is 1. The van der Waals surface area contributed by atoms with Crippen LogP contribution in [0.15, 0.2) is 0 Å². The number of hydrogen-bond donors (Lipinski definition) is 1. The first-order valence-electron chi connectivity index (χ1n) is 4.67. The zero-order valence-electron chi connectivity index (χ0n) is 8.76. The van der Waals surface area contributed by atoms with Crippen LogP contribution in [0, 0.1) is 5.41 Å². The molecule has 12 heavy (non-hydrogen) atoms. The molecule has 0 saturated heterocycles. The Morgan fingerprint density at radius 3 is 2.25 bits per heavy atom. The van der Waals surface area contributed by atoms with Gasteiger partial charge in [0.1, 0.15) is 0 Å². The summed E-state index contributed by atoms with van der Waals surface area (Å²) in [4.78, 5) is 0. The van der Waals surface area contributed by atoms with Gasteiger partial charge in [0.25, 0.3) is 0 Å². The third-order valence-electron chi connectivity index (χ3n) is 1.68. The molecule has 0 aliphatic rings. The van der Waals surface area contributed by atoms with Crippen molar-refractivity contribution in [3.63, 3.8) is 0 Å². The summed E-state index contributed by atoms with van der Waals surface area (Å²) in [7, 11) is 0. The molecular weight excluding hydrogens is 152 g/mol. The van der Waals surface area contributed by atoms with Crippen molar-refractivity contribution >= 4 is 0 Å². The van der Waals surface area contributed by atoms with E-state index in [1.807, 2.05) is 0 Å². The van der Waals surface area contributed by atoms with Crippen molar-refractivity contribution in [3.05, 3.63) is 0 Å². The fraction of sp³-hybridized carbons (Fsp3) is 1.00. The molecule has 1 N–H and O–H groups in total. The molecule has 0 aliphatic heterocycles. The second-order valence-electron chi connectivity index (χ2n) is 4.56. The van der Waals surface area contributed by atoms with Gasteiger partial charge in [0.2, 0.25) is 0 Å². The van der Waals surface area contributed by atoms with Gasteiger partial charge in [-0.25, -0.2) is 0 Å². The Bertz CT molecular complexity index is 103. The van der Waals surface area contributed by atoms with Crippen LogP contribution in [0.5, 0.6) is 0 Å². The average molecular weight is 174 g/mol. The Hall–Kier alpha value is -0.0800. The van der Waals surface area contributed by atoms with Crippen LogP contribution < -0.4 is 0 Å². The van der Waals surface area contributed by atoms with Crippen LogP contribution in [0.25, 0.3) is 0 Å². The van der Waals surface area contributed by atoms with Crippen molar-refractivity contribution in [1.29, 1.82) is 0 Å². The van der Waals surface area contributed by atoms with Gasteiger partial charge < -0.3 is 9.84 Å². The lowest BCUT2D eigenvalue weighted by molar-refractivity contribution is 0.0750. The summed E-state index contributed by atoms with van der Waals surface area (Å²) in [6, 6.07) is 0. The number of rotatable bonds is 5. The monoisotopic (exact) mass is 174 g/mol. The van der Waals surface area contributed by atoms with E-state index in [0.717, 1.165) is 19.4 Å². The lowest BCUT2D eigenvalue weighted by atomic mass is 9.93. The highest BCUT2D eigenvalue weighted by Gasteiger charge is 2.09. The highest BCUT2D eigenvalue weighted by molar-refractivity contribution is 4.59. The quantitative estimate of drug-likeness (QED) is 0.647. The van der Waals surface area contributed by atoms with Gasteiger partial charge in [0.15, 0.2) is 0 Å². The molecule has 2 nitrogen and oxygen atoms in total. The summed E-state index contributed by atoms with van der Waals surface area (Å²) in [5, 5.41) is 8.93. The lowest BCUT2D eigenvalue weighted by Crippen LogP contribution is -2.11. The third kappa shape index (κ3) is 9.92. The molecule has 1 atom stereocenters. The Kier molecular flexibility index (Phi) is 5.51. The predicted octanol–water partition coefficient (Wildman–Crippen LogP) is 2.21. The fourth-order valence-electron chi connectivity index (χ4n) is 0.734. The van der Waals surface area contributed by atoms with Crippen LogP contribution in [0.3, 0.4) is 0 Å². The van der Waals surface area contributed by atoms with Gasteiger partial charge in [-0.2, -0.15) is 0 Å². The Morgan fingerprint density at radius 2 is 1.83 bits per heavy atom. The smallest absolute Gasteiger partial charge is 0.0534 e. The van der Waals surface area contributed by atoms with Crippen LogP contribution in [-0.2, 0) is 4.74 Å². The number of aliphatic hydroxyl groups excluding tert-OH is 1. The van der Waals surface area contributed by atoms with E-state index >= 15 is 0 Å². The van der Waals surface area contributed by atoms with Gasteiger partial charge in [-0.05, 0) is 25.2 Å². The Morgan fingerprint density at radius 1 is 1.25 bits per heavy atom. The zero-order chi connectivity index (χ0) is 9.61. The van der Waals surface area contributed by atoms with Crippen molar-refractivity contribution in [2.45, 2.75) is 46.6 Å². The molecule has 0 rings (SSSR count). The van der Waals surface area contributed by atoms with E-state index < -0.39 is 0 Å². The van der Waals surface area contributed by atoms with E-state index in [2.05, 4.69) is 20.8 Å². The molecule has 0 aromatic carbocycles.